The maximum atomic E-state index is 9.45. The summed E-state index contributed by atoms with van der Waals surface area (Å²) in [4.78, 5) is 0. The van der Waals surface area contributed by atoms with Crippen molar-refractivity contribution in [1.82, 2.24) is 9.78 Å². The molecule has 0 saturated carbocycles. The lowest BCUT2D eigenvalue weighted by Crippen LogP contribution is -2.02. The number of para-hydroxylation sites is 1. The molecule has 0 aliphatic heterocycles. The van der Waals surface area contributed by atoms with Crippen molar-refractivity contribution in [3.8, 4) is 0 Å². The Balaban J connectivity index is 2.79. The van der Waals surface area contributed by atoms with Gasteiger partial charge in [0, 0.05) is 11.4 Å². The maximum absolute atomic E-state index is 9.45. The fraction of sp³-hybridized carbons (Fsp3) is 0.250. The molecule has 0 saturated heterocycles. The van der Waals surface area contributed by atoms with Crippen LogP contribution in [0.25, 0.3) is 16.7 Å². The zero-order chi connectivity index (χ0) is 11.0. The van der Waals surface area contributed by atoms with Gasteiger partial charge in [-0.05, 0) is 19.9 Å². The minimum absolute atomic E-state index is 0.0191. The first-order chi connectivity index (χ1) is 7.11. The zero-order valence-corrected chi connectivity index (χ0v) is 8.94. The molecule has 0 spiro atoms. The van der Waals surface area contributed by atoms with Gasteiger partial charge in [0.05, 0.1) is 5.52 Å². The van der Waals surface area contributed by atoms with Gasteiger partial charge in [-0.3, -0.25) is 4.68 Å². The number of rotatable bonds is 2. The van der Waals surface area contributed by atoms with Crippen LogP contribution in [0.15, 0.2) is 30.8 Å². The Morgan fingerprint density at radius 2 is 2.07 bits per heavy atom. The number of nitrogens with zero attached hydrogens (tertiary/aromatic N) is 2. The Hall–Kier alpha value is -1.77. The molecule has 0 aliphatic carbocycles. The van der Waals surface area contributed by atoms with E-state index in [0.29, 0.717) is 5.69 Å². The van der Waals surface area contributed by atoms with Gasteiger partial charge in [0.15, 0.2) is 0 Å². The fourth-order valence-electron chi connectivity index (χ4n) is 1.70. The summed E-state index contributed by atoms with van der Waals surface area (Å²) < 4.78 is 1.89. The van der Waals surface area contributed by atoms with E-state index in [1.807, 2.05) is 28.9 Å². The number of hydrogen-bond acceptors (Lipinski definition) is 2. The summed E-state index contributed by atoms with van der Waals surface area (Å²) in [5.74, 6) is 0.0191. The average molecular weight is 202 g/mol. The fourth-order valence-corrected chi connectivity index (χ4v) is 1.70. The summed E-state index contributed by atoms with van der Waals surface area (Å²) in [6, 6.07) is 8.10. The average Bonchev–Trinajstić information content (AvgIpc) is 2.56. The van der Waals surface area contributed by atoms with Crippen molar-refractivity contribution in [1.29, 1.82) is 0 Å². The molecular weight excluding hydrogens is 188 g/mol. The van der Waals surface area contributed by atoms with Gasteiger partial charge in [-0.2, -0.15) is 5.10 Å². The minimum atomic E-state index is 0.0191. The molecule has 2 aromatic rings. The third-order valence-electron chi connectivity index (χ3n) is 2.38. The van der Waals surface area contributed by atoms with Gasteiger partial charge in [-0.25, -0.2) is 0 Å². The van der Waals surface area contributed by atoms with Gasteiger partial charge in [0.2, 0.25) is 0 Å². The van der Waals surface area contributed by atoms with Gasteiger partial charge >= 0.3 is 0 Å². The highest BCUT2D eigenvalue weighted by Gasteiger charge is 2.13. The third-order valence-corrected chi connectivity index (χ3v) is 2.38. The topological polar surface area (TPSA) is 38.1 Å². The second-order valence-electron chi connectivity index (χ2n) is 3.85. The molecule has 0 bridgehead atoms. The van der Waals surface area contributed by atoms with E-state index in [9.17, 15) is 5.11 Å². The Morgan fingerprint density at radius 3 is 2.67 bits per heavy atom. The van der Waals surface area contributed by atoms with Gasteiger partial charge in [0.1, 0.15) is 11.5 Å². The minimum Gasteiger partial charge on any atom is -0.506 e. The molecule has 1 N–H and O–H groups in total. The summed E-state index contributed by atoms with van der Waals surface area (Å²) in [5, 5.41) is 14.7. The van der Waals surface area contributed by atoms with E-state index in [0.717, 1.165) is 10.9 Å². The molecule has 2 rings (SSSR count). The molecule has 0 amide bonds. The summed E-state index contributed by atoms with van der Waals surface area (Å²) in [6.07, 6.45) is 0. The first kappa shape index (κ1) is 9.77. The van der Waals surface area contributed by atoms with Crippen LogP contribution in [0, 0.1) is 0 Å². The van der Waals surface area contributed by atoms with Crippen molar-refractivity contribution in [2.45, 2.75) is 19.9 Å². The lowest BCUT2D eigenvalue weighted by Gasteiger charge is -2.05. The SMILES string of the molecule is C=C(O)c1nn(C(C)C)c2ccccc12. The van der Waals surface area contributed by atoms with E-state index in [1.165, 1.54) is 0 Å². The van der Waals surface area contributed by atoms with Crippen LogP contribution in [-0.4, -0.2) is 14.9 Å². The molecule has 0 unspecified atom stereocenters. The van der Waals surface area contributed by atoms with Crippen molar-refractivity contribution in [3.05, 3.63) is 36.5 Å². The van der Waals surface area contributed by atoms with Crippen LogP contribution in [0.3, 0.4) is 0 Å². The van der Waals surface area contributed by atoms with Crippen molar-refractivity contribution >= 4 is 16.7 Å². The van der Waals surface area contributed by atoms with Crippen LogP contribution in [0.2, 0.25) is 0 Å². The second-order valence-corrected chi connectivity index (χ2v) is 3.85. The molecule has 0 fully saturated rings. The number of aromatic nitrogens is 2. The third kappa shape index (κ3) is 1.50. The molecular formula is C12H14N2O. The number of hydrogen-bond donors (Lipinski definition) is 1. The summed E-state index contributed by atoms with van der Waals surface area (Å²) >= 11 is 0. The standard InChI is InChI=1S/C12H14N2O/c1-8(2)14-11-7-5-4-6-10(11)12(13-14)9(3)15/h4-8,15H,3H2,1-2H3. The van der Waals surface area contributed by atoms with Gasteiger partial charge in [-0.1, -0.05) is 24.8 Å². The van der Waals surface area contributed by atoms with Crippen molar-refractivity contribution in [3.63, 3.8) is 0 Å². The molecule has 0 atom stereocenters. The largest absolute Gasteiger partial charge is 0.506 e. The Kier molecular flexibility index (Phi) is 2.23. The smallest absolute Gasteiger partial charge is 0.136 e. The molecule has 1 aromatic carbocycles. The summed E-state index contributed by atoms with van der Waals surface area (Å²) in [6.45, 7) is 7.65. The van der Waals surface area contributed by atoms with E-state index in [4.69, 9.17) is 0 Å². The van der Waals surface area contributed by atoms with E-state index in [2.05, 4.69) is 25.5 Å². The Morgan fingerprint density at radius 1 is 1.40 bits per heavy atom. The number of benzene rings is 1. The van der Waals surface area contributed by atoms with Crippen LogP contribution in [0.4, 0.5) is 0 Å². The van der Waals surface area contributed by atoms with Crippen molar-refractivity contribution in [2.24, 2.45) is 0 Å². The molecule has 78 valence electrons. The molecule has 0 radical (unpaired) electrons. The van der Waals surface area contributed by atoms with Gasteiger partial charge < -0.3 is 5.11 Å². The highest BCUT2D eigenvalue weighted by atomic mass is 16.3. The Bertz CT molecular complexity index is 511. The van der Waals surface area contributed by atoms with E-state index in [1.54, 1.807) is 0 Å². The highest BCUT2D eigenvalue weighted by molar-refractivity contribution is 5.88. The van der Waals surface area contributed by atoms with E-state index >= 15 is 0 Å². The maximum Gasteiger partial charge on any atom is 0.136 e. The second kappa shape index (κ2) is 3.42. The van der Waals surface area contributed by atoms with Crippen LogP contribution < -0.4 is 0 Å². The summed E-state index contributed by atoms with van der Waals surface area (Å²) in [7, 11) is 0. The van der Waals surface area contributed by atoms with Gasteiger partial charge in [-0.15, -0.1) is 0 Å². The van der Waals surface area contributed by atoms with Gasteiger partial charge in [0.25, 0.3) is 0 Å². The van der Waals surface area contributed by atoms with Crippen LogP contribution in [0.5, 0.6) is 0 Å². The van der Waals surface area contributed by atoms with Crippen molar-refractivity contribution < 1.29 is 5.11 Å². The van der Waals surface area contributed by atoms with E-state index < -0.39 is 0 Å². The predicted octanol–water partition coefficient (Wildman–Crippen LogP) is 3.15. The highest BCUT2D eigenvalue weighted by Crippen LogP contribution is 2.24. The molecule has 3 heteroatoms. The molecule has 0 aliphatic rings. The lowest BCUT2D eigenvalue weighted by atomic mass is 10.2. The molecule has 3 nitrogen and oxygen atoms in total. The molecule has 15 heavy (non-hydrogen) atoms. The normalized spacial score (nSPS) is 11.1. The number of fused-ring (bicyclic) bond motifs is 1. The molecule has 1 heterocycles. The zero-order valence-electron chi connectivity index (χ0n) is 8.94. The quantitative estimate of drug-likeness (QED) is 0.760. The van der Waals surface area contributed by atoms with Crippen LogP contribution >= 0.6 is 0 Å². The first-order valence-electron chi connectivity index (χ1n) is 4.96. The predicted molar refractivity (Wildman–Crippen MR) is 61.8 cm³/mol. The lowest BCUT2D eigenvalue weighted by molar-refractivity contribution is 0.500. The number of aliphatic hydroxyl groups excluding tert-OH is 1. The molecule has 1 aromatic heterocycles. The summed E-state index contributed by atoms with van der Waals surface area (Å²) in [5.41, 5.74) is 1.59. The van der Waals surface area contributed by atoms with Crippen molar-refractivity contribution in [2.75, 3.05) is 0 Å². The van der Waals surface area contributed by atoms with Crippen LogP contribution in [0.1, 0.15) is 25.6 Å². The number of aliphatic hydroxyl groups is 1. The van der Waals surface area contributed by atoms with E-state index in [-0.39, 0.29) is 11.8 Å². The first-order valence-corrected chi connectivity index (χ1v) is 4.96. The monoisotopic (exact) mass is 202 g/mol. The Labute approximate surface area is 88.6 Å². The van der Waals surface area contributed by atoms with Crippen LogP contribution in [-0.2, 0) is 0 Å².